The van der Waals surface area contributed by atoms with Gasteiger partial charge in [-0.15, -0.1) is 6.58 Å². The van der Waals surface area contributed by atoms with Crippen molar-refractivity contribution < 1.29 is 19.0 Å². The van der Waals surface area contributed by atoms with E-state index in [-0.39, 0.29) is 0 Å². The molecule has 0 aliphatic carbocycles. The Morgan fingerprint density at radius 3 is 1.97 bits per heavy atom. The minimum absolute atomic E-state index is 0.400. The quantitative estimate of drug-likeness (QED) is 0.133. The van der Waals surface area contributed by atoms with E-state index in [0.717, 1.165) is 49.4 Å². The Bertz CT molecular complexity index is 726. The van der Waals surface area contributed by atoms with Crippen molar-refractivity contribution in [1.29, 1.82) is 0 Å². The van der Waals surface area contributed by atoms with Gasteiger partial charge in [-0.2, -0.15) is 12.6 Å². The zero-order valence-electron chi connectivity index (χ0n) is 16.8. The van der Waals surface area contributed by atoms with Gasteiger partial charge in [0.2, 0.25) is 0 Å². The van der Waals surface area contributed by atoms with E-state index in [9.17, 15) is 4.79 Å². The van der Waals surface area contributed by atoms with E-state index < -0.39 is 5.97 Å². The van der Waals surface area contributed by atoms with Gasteiger partial charge < -0.3 is 14.2 Å². The summed E-state index contributed by atoms with van der Waals surface area (Å²) in [6.45, 7) is 5.00. The number of rotatable bonds is 14. The van der Waals surface area contributed by atoms with Gasteiger partial charge in [0.15, 0.2) is 0 Å². The highest BCUT2D eigenvalue weighted by molar-refractivity contribution is 7.80. The van der Waals surface area contributed by atoms with Crippen LogP contribution in [-0.4, -0.2) is 24.9 Å². The molecule has 0 spiro atoms. The van der Waals surface area contributed by atoms with Crippen LogP contribution in [0.15, 0.2) is 61.2 Å². The number of hydrogen-bond acceptors (Lipinski definition) is 5. The smallest absolute Gasteiger partial charge is 0.343 e. The summed E-state index contributed by atoms with van der Waals surface area (Å²) in [6, 6.07) is 14.1. The van der Waals surface area contributed by atoms with Crippen LogP contribution in [0.2, 0.25) is 0 Å². The summed E-state index contributed by atoms with van der Waals surface area (Å²) in [5, 5.41) is 0. The first kappa shape index (κ1) is 22.9. The van der Waals surface area contributed by atoms with E-state index in [1.807, 2.05) is 6.08 Å². The van der Waals surface area contributed by atoms with Crippen LogP contribution in [0.25, 0.3) is 0 Å². The van der Waals surface area contributed by atoms with E-state index in [4.69, 9.17) is 14.2 Å². The molecule has 0 unspecified atom stereocenters. The van der Waals surface area contributed by atoms with Crippen LogP contribution in [0.1, 0.15) is 48.9 Å². The van der Waals surface area contributed by atoms with Crippen molar-refractivity contribution in [3.05, 3.63) is 66.7 Å². The molecule has 29 heavy (non-hydrogen) atoms. The zero-order valence-corrected chi connectivity index (χ0v) is 17.7. The number of thiol groups is 1. The number of carbonyl (C=O) groups is 1. The third kappa shape index (κ3) is 9.09. The summed E-state index contributed by atoms with van der Waals surface area (Å²) in [5.41, 5.74) is 0.482. The molecule has 0 radical (unpaired) electrons. The van der Waals surface area contributed by atoms with Crippen LogP contribution < -0.4 is 14.2 Å². The second-order valence-electron chi connectivity index (χ2n) is 6.65. The molecule has 0 atom stereocenters. The van der Waals surface area contributed by atoms with Crippen molar-refractivity contribution in [2.75, 3.05) is 19.0 Å². The van der Waals surface area contributed by atoms with Crippen LogP contribution in [-0.2, 0) is 0 Å². The predicted molar refractivity (Wildman–Crippen MR) is 121 cm³/mol. The molecule has 2 rings (SSSR count). The number of ether oxygens (including phenoxy) is 3. The molecule has 0 fully saturated rings. The van der Waals surface area contributed by atoms with E-state index in [2.05, 4.69) is 19.2 Å². The summed E-state index contributed by atoms with van der Waals surface area (Å²) in [4.78, 5) is 12.3. The fourth-order valence-corrected chi connectivity index (χ4v) is 2.86. The molecule has 156 valence electrons. The van der Waals surface area contributed by atoms with E-state index in [1.54, 1.807) is 48.5 Å². The van der Waals surface area contributed by atoms with E-state index in [0.29, 0.717) is 24.5 Å². The Morgan fingerprint density at radius 2 is 1.34 bits per heavy atom. The van der Waals surface area contributed by atoms with Crippen molar-refractivity contribution in [2.24, 2.45) is 0 Å². The maximum absolute atomic E-state index is 12.3. The van der Waals surface area contributed by atoms with Gasteiger partial charge in [-0.05, 0) is 80.0 Å². The molecule has 4 nitrogen and oxygen atoms in total. The third-order valence-corrected chi connectivity index (χ3v) is 4.58. The normalized spacial score (nSPS) is 10.4. The summed E-state index contributed by atoms with van der Waals surface area (Å²) in [7, 11) is 0. The molecule has 0 aliphatic heterocycles. The van der Waals surface area contributed by atoms with Crippen molar-refractivity contribution >= 4 is 18.6 Å². The van der Waals surface area contributed by atoms with Crippen molar-refractivity contribution in [1.82, 2.24) is 0 Å². The van der Waals surface area contributed by atoms with Gasteiger partial charge in [-0.25, -0.2) is 4.79 Å². The Hall–Kier alpha value is -2.40. The highest BCUT2D eigenvalue weighted by Crippen LogP contribution is 2.20. The fourth-order valence-electron chi connectivity index (χ4n) is 2.63. The Kier molecular flexibility index (Phi) is 10.8. The summed E-state index contributed by atoms with van der Waals surface area (Å²) in [5.74, 6) is 2.53. The predicted octanol–water partition coefficient (Wildman–Crippen LogP) is 6.12. The zero-order chi connectivity index (χ0) is 20.7. The number of unbranched alkanes of at least 4 members (excludes halogenated alkanes) is 4. The minimum atomic E-state index is -0.400. The van der Waals surface area contributed by atoms with Gasteiger partial charge in [0, 0.05) is 0 Å². The van der Waals surface area contributed by atoms with Crippen LogP contribution in [0.3, 0.4) is 0 Å². The molecular formula is C24H30O4S. The monoisotopic (exact) mass is 414 g/mol. The molecule has 0 aliphatic rings. The molecule has 5 heteroatoms. The van der Waals surface area contributed by atoms with Crippen LogP contribution in [0, 0.1) is 0 Å². The van der Waals surface area contributed by atoms with Crippen LogP contribution in [0.4, 0.5) is 0 Å². The van der Waals surface area contributed by atoms with Crippen molar-refractivity contribution in [3.8, 4) is 17.2 Å². The molecule has 2 aromatic rings. The third-order valence-electron chi connectivity index (χ3n) is 4.27. The highest BCUT2D eigenvalue weighted by Gasteiger charge is 2.09. The Balaban J connectivity index is 1.74. The molecule has 0 heterocycles. The standard InChI is InChI=1S/C24H30O4S/c1-2-3-6-17-26-22-13-15-23(16-14-22)28-24(25)20-9-11-21(12-10-20)27-18-7-4-5-8-19-29/h2,9-16,29H,1,3-8,17-19H2. The molecule has 0 aromatic heterocycles. The fraction of sp³-hybridized carbons (Fsp3) is 0.375. The van der Waals surface area contributed by atoms with Crippen LogP contribution >= 0.6 is 12.6 Å². The Labute approximate surface area is 179 Å². The SMILES string of the molecule is C=CCCCOc1ccc(OC(=O)c2ccc(OCCCCCCS)cc2)cc1. The molecule has 0 N–H and O–H groups in total. The largest absolute Gasteiger partial charge is 0.494 e. The maximum Gasteiger partial charge on any atom is 0.343 e. The minimum Gasteiger partial charge on any atom is -0.494 e. The first-order valence-electron chi connectivity index (χ1n) is 10.1. The van der Waals surface area contributed by atoms with Gasteiger partial charge in [0.1, 0.15) is 17.2 Å². The van der Waals surface area contributed by atoms with Gasteiger partial charge in [0.25, 0.3) is 0 Å². The molecule has 0 bridgehead atoms. The maximum atomic E-state index is 12.3. The lowest BCUT2D eigenvalue weighted by Crippen LogP contribution is -2.08. The second-order valence-corrected chi connectivity index (χ2v) is 7.10. The lowest BCUT2D eigenvalue weighted by atomic mass is 10.2. The highest BCUT2D eigenvalue weighted by atomic mass is 32.1. The van der Waals surface area contributed by atoms with E-state index in [1.165, 1.54) is 6.42 Å². The number of esters is 1. The van der Waals surface area contributed by atoms with Gasteiger partial charge in [0.05, 0.1) is 18.8 Å². The summed E-state index contributed by atoms with van der Waals surface area (Å²) < 4.78 is 16.7. The van der Waals surface area contributed by atoms with E-state index >= 15 is 0 Å². The molecule has 0 saturated carbocycles. The molecule has 0 saturated heterocycles. The molecule has 2 aromatic carbocycles. The summed E-state index contributed by atoms with van der Waals surface area (Å²) >= 11 is 4.21. The number of carbonyl (C=O) groups excluding carboxylic acids is 1. The average Bonchev–Trinajstić information content (AvgIpc) is 2.75. The Morgan fingerprint density at radius 1 is 0.793 bits per heavy atom. The molecular weight excluding hydrogens is 384 g/mol. The number of allylic oxidation sites excluding steroid dienone is 1. The first-order valence-corrected chi connectivity index (χ1v) is 10.8. The van der Waals surface area contributed by atoms with Crippen molar-refractivity contribution in [3.63, 3.8) is 0 Å². The average molecular weight is 415 g/mol. The van der Waals surface area contributed by atoms with Crippen LogP contribution in [0.5, 0.6) is 17.2 Å². The number of benzene rings is 2. The lowest BCUT2D eigenvalue weighted by Gasteiger charge is -2.09. The lowest BCUT2D eigenvalue weighted by molar-refractivity contribution is 0.0734. The topological polar surface area (TPSA) is 44.8 Å². The van der Waals surface area contributed by atoms with Gasteiger partial charge in [-0.3, -0.25) is 0 Å². The van der Waals surface area contributed by atoms with Crippen molar-refractivity contribution in [2.45, 2.75) is 38.5 Å². The number of hydrogen-bond donors (Lipinski definition) is 1. The first-order chi connectivity index (χ1) is 14.2. The van der Waals surface area contributed by atoms with Gasteiger partial charge in [-0.1, -0.05) is 18.9 Å². The molecule has 0 amide bonds. The summed E-state index contributed by atoms with van der Waals surface area (Å²) in [6.07, 6.45) is 8.21. The second kappa shape index (κ2) is 13.7. The van der Waals surface area contributed by atoms with Gasteiger partial charge >= 0.3 is 5.97 Å².